The van der Waals surface area contributed by atoms with Crippen LogP contribution in [0.5, 0.6) is 0 Å². The average molecular weight is 349 g/mol. The van der Waals surface area contributed by atoms with Gasteiger partial charge in [0.25, 0.3) is 0 Å². The predicted molar refractivity (Wildman–Crippen MR) is 94.5 cm³/mol. The van der Waals surface area contributed by atoms with Gasteiger partial charge >= 0.3 is 0 Å². The number of benzene rings is 2. The second-order valence-corrected chi connectivity index (χ2v) is 6.61. The second kappa shape index (κ2) is 8.08. The summed E-state index contributed by atoms with van der Waals surface area (Å²) in [5.74, 6) is -0.246. The number of halogens is 2. The van der Waals surface area contributed by atoms with Gasteiger partial charge in [0.15, 0.2) is 0 Å². The number of hydrogen-bond acceptors (Lipinski definition) is 3. The fraction of sp³-hybridized carbons (Fsp3) is 0.368. The Labute approximate surface area is 147 Å². The molecule has 0 amide bonds. The summed E-state index contributed by atoms with van der Waals surface area (Å²) in [5, 5.41) is 10.8. The first kappa shape index (κ1) is 17.4. The van der Waals surface area contributed by atoms with Gasteiger partial charge in [-0.3, -0.25) is 9.80 Å². The average Bonchev–Trinajstić information content (AvgIpc) is 2.60. The minimum Gasteiger partial charge on any atom is -0.387 e. The standard InChI is InChI=1S/C19H22ClFN2O/c20-17-7-4-8-18(21)16(17)13-22-9-11-23(12-10-22)14-19(24)15-5-2-1-3-6-15/h1-8,19,24H,9-14H2/t19-/m1/s1. The van der Waals surface area contributed by atoms with Crippen LogP contribution in [0.25, 0.3) is 0 Å². The lowest BCUT2D eigenvalue weighted by atomic mass is 10.1. The Hall–Kier alpha value is -1.46. The molecule has 0 unspecified atom stereocenters. The highest BCUT2D eigenvalue weighted by atomic mass is 35.5. The van der Waals surface area contributed by atoms with Gasteiger partial charge in [-0.05, 0) is 17.7 Å². The SMILES string of the molecule is O[C@H](CN1CCN(Cc2c(F)cccc2Cl)CC1)c1ccccc1. The highest BCUT2D eigenvalue weighted by molar-refractivity contribution is 6.31. The number of rotatable bonds is 5. The van der Waals surface area contributed by atoms with Crippen LogP contribution in [-0.4, -0.2) is 47.6 Å². The van der Waals surface area contributed by atoms with Gasteiger partial charge < -0.3 is 5.11 Å². The van der Waals surface area contributed by atoms with Gasteiger partial charge in [0.2, 0.25) is 0 Å². The van der Waals surface area contributed by atoms with E-state index >= 15 is 0 Å². The molecular weight excluding hydrogens is 327 g/mol. The summed E-state index contributed by atoms with van der Waals surface area (Å²) < 4.78 is 13.9. The Morgan fingerprint density at radius 2 is 1.62 bits per heavy atom. The van der Waals surface area contributed by atoms with Crippen molar-refractivity contribution in [3.8, 4) is 0 Å². The molecule has 1 heterocycles. The van der Waals surface area contributed by atoms with Crippen LogP contribution < -0.4 is 0 Å². The molecule has 0 spiro atoms. The van der Waals surface area contributed by atoms with E-state index in [9.17, 15) is 9.50 Å². The van der Waals surface area contributed by atoms with Gasteiger partial charge in [-0.1, -0.05) is 48.0 Å². The largest absolute Gasteiger partial charge is 0.387 e. The molecule has 3 nitrogen and oxygen atoms in total. The van der Waals surface area contributed by atoms with Crippen LogP contribution in [0.2, 0.25) is 5.02 Å². The summed E-state index contributed by atoms with van der Waals surface area (Å²) in [6.45, 7) is 4.54. The molecule has 128 valence electrons. The third-order valence-corrected chi connectivity index (χ3v) is 4.88. The monoisotopic (exact) mass is 348 g/mol. The first-order valence-electron chi connectivity index (χ1n) is 8.24. The minimum absolute atomic E-state index is 0.246. The Morgan fingerprint density at radius 1 is 0.958 bits per heavy atom. The molecule has 1 aliphatic heterocycles. The Kier molecular flexibility index (Phi) is 5.85. The molecule has 1 saturated heterocycles. The maximum Gasteiger partial charge on any atom is 0.129 e. The number of hydrogen-bond donors (Lipinski definition) is 1. The Morgan fingerprint density at radius 3 is 2.29 bits per heavy atom. The summed E-state index contributed by atoms with van der Waals surface area (Å²) in [6.07, 6.45) is -0.473. The van der Waals surface area contributed by atoms with Gasteiger partial charge in [-0.25, -0.2) is 4.39 Å². The highest BCUT2D eigenvalue weighted by Crippen LogP contribution is 2.22. The lowest BCUT2D eigenvalue weighted by Crippen LogP contribution is -2.47. The van der Waals surface area contributed by atoms with Crippen molar-refractivity contribution in [2.45, 2.75) is 12.6 Å². The van der Waals surface area contributed by atoms with Crippen molar-refractivity contribution in [2.24, 2.45) is 0 Å². The summed E-state index contributed by atoms with van der Waals surface area (Å²) in [4.78, 5) is 4.45. The third kappa shape index (κ3) is 4.33. The second-order valence-electron chi connectivity index (χ2n) is 6.20. The zero-order valence-corrected chi connectivity index (χ0v) is 14.3. The van der Waals surface area contributed by atoms with E-state index in [0.717, 1.165) is 31.7 Å². The van der Waals surface area contributed by atoms with Crippen molar-refractivity contribution in [3.05, 3.63) is 70.5 Å². The first-order valence-corrected chi connectivity index (χ1v) is 8.62. The maximum absolute atomic E-state index is 13.9. The van der Waals surface area contributed by atoms with Gasteiger partial charge in [-0.15, -0.1) is 0 Å². The maximum atomic E-state index is 13.9. The number of aliphatic hydroxyl groups is 1. The van der Waals surface area contributed by atoms with Crippen LogP contribution in [0.3, 0.4) is 0 Å². The van der Waals surface area contributed by atoms with Crippen LogP contribution in [0.4, 0.5) is 4.39 Å². The fourth-order valence-electron chi connectivity index (χ4n) is 3.06. The van der Waals surface area contributed by atoms with E-state index in [2.05, 4.69) is 9.80 Å². The highest BCUT2D eigenvalue weighted by Gasteiger charge is 2.21. The van der Waals surface area contributed by atoms with E-state index in [0.29, 0.717) is 23.7 Å². The van der Waals surface area contributed by atoms with Crippen molar-refractivity contribution >= 4 is 11.6 Å². The minimum atomic E-state index is -0.473. The number of β-amino-alcohol motifs (C(OH)–C–C–N with tert-alkyl or cyclic N) is 1. The van der Waals surface area contributed by atoms with E-state index in [4.69, 9.17) is 11.6 Å². The molecule has 5 heteroatoms. The summed E-state index contributed by atoms with van der Waals surface area (Å²) >= 11 is 6.10. The topological polar surface area (TPSA) is 26.7 Å². The molecule has 0 bridgehead atoms. The van der Waals surface area contributed by atoms with Crippen molar-refractivity contribution in [3.63, 3.8) is 0 Å². The number of aliphatic hydroxyl groups excluding tert-OH is 1. The fourth-order valence-corrected chi connectivity index (χ4v) is 3.28. The van der Waals surface area contributed by atoms with E-state index in [1.807, 2.05) is 30.3 Å². The molecule has 0 saturated carbocycles. The van der Waals surface area contributed by atoms with E-state index in [-0.39, 0.29) is 5.82 Å². The zero-order valence-electron chi connectivity index (χ0n) is 13.5. The normalized spacial score (nSPS) is 17.8. The smallest absolute Gasteiger partial charge is 0.129 e. The quantitative estimate of drug-likeness (QED) is 0.897. The molecule has 0 radical (unpaired) electrons. The molecule has 1 fully saturated rings. The van der Waals surface area contributed by atoms with Crippen molar-refractivity contribution in [1.29, 1.82) is 0 Å². The molecule has 1 N–H and O–H groups in total. The molecule has 24 heavy (non-hydrogen) atoms. The van der Waals surface area contributed by atoms with Crippen molar-refractivity contribution < 1.29 is 9.50 Å². The molecule has 0 aromatic heterocycles. The first-order chi connectivity index (χ1) is 11.6. The molecule has 0 aliphatic carbocycles. The Bertz CT molecular complexity index is 639. The predicted octanol–water partition coefficient (Wildman–Crippen LogP) is 3.33. The zero-order chi connectivity index (χ0) is 16.9. The van der Waals surface area contributed by atoms with E-state index in [1.165, 1.54) is 6.07 Å². The summed E-state index contributed by atoms with van der Waals surface area (Å²) in [6, 6.07) is 14.5. The summed E-state index contributed by atoms with van der Waals surface area (Å²) in [7, 11) is 0. The molecule has 2 aromatic rings. The lowest BCUT2D eigenvalue weighted by Gasteiger charge is -2.35. The van der Waals surface area contributed by atoms with E-state index < -0.39 is 6.10 Å². The molecular formula is C19H22ClFN2O. The van der Waals surface area contributed by atoms with Gasteiger partial charge in [0.05, 0.1) is 6.10 Å². The molecule has 2 aromatic carbocycles. The van der Waals surface area contributed by atoms with Gasteiger partial charge in [0, 0.05) is 49.9 Å². The lowest BCUT2D eigenvalue weighted by molar-refractivity contribution is 0.0698. The van der Waals surface area contributed by atoms with Gasteiger partial charge in [-0.2, -0.15) is 0 Å². The molecule has 1 aliphatic rings. The van der Waals surface area contributed by atoms with Crippen LogP contribution in [0.1, 0.15) is 17.2 Å². The van der Waals surface area contributed by atoms with E-state index in [1.54, 1.807) is 12.1 Å². The van der Waals surface area contributed by atoms with Crippen molar-refractivity contribution in [2.75, 3.05) is 32.7 Å². The van der Waals surface area contributed by atoms with Gasteiger partial charge in [0.1, 0.15) is 5.82 Å². The van der Waals surface area contributed by atoms with Crippen LogP contribution in [0.15, 0.2) is 48.5 Å². The summed E-state index contributed by atoms with van der Waals surface area (Å²) in [5.41, 5.74) is 1.51. The van der Waals surface area contributed by atoms with Crippen LogP contribution in [-0.2, 0) is 6.54 Å². The number of nitrogens with zero attached hydrogens (tertiary/aromatic N) is 2. The number of piperazine rings is 1. The Balaban J connectivity index is 1.51. The third-order valence-electron chi connectivity index (χ3n) is 4.52. The molecule has 1 atom stereocenters. The molecule has 3 rings (SSSR count). The van der Waals surface area contributed by atoms with Crippen molar-refractivity contribution in [1.82, 2.24) is 9.80 Å². The van der Waals surface area contributed by atoms with Crippen LogP contribution in [0, 0.1) is 5.82 Å². The van der Waals surface area contributed by atoms with Crippen LogP contribution >= 0.6 is 11.6 Å².